The zero-order chi connectivity index (χ0) is 12.9. The van der Waals surface area contributed by atoms with Gasteiger partial charge in [-0.05, 0) is 18.4 Å². The molecule has 0 N–H and O–H groups in total. The maximum absolute atomic E-state index is 12.1. The normalized spacial score (nSPS) is 30.4. The van der Waals surface area contributed by atoms with Crippen molar-refractivity contribution < 1.29 is 19.1 Å². The molecule has 1 spiro atoms. The van der Waals surface area contributed by atoms with Crippen LogP contribution >= 0.6 is 0 Å². The zero-order valence-corrected chi connectivity index (χ0v) is 9.88. The molecule has 0 aromatic heterocycles. The largest absolute Gasteiger partial charge is 0.460 e. The predicted octanol–water partition coefficient (Wildman–Crippen LogP) is 1.44. The highest BCUT2D eigenvalue weighted by Crippen LogP contribution is 2.52. The Balaban J connectivity index is 2.15. The molecule has 1 unspecified atom stereocenters. The molecular formula is C14H12O4. The first-order chi connectivity index (χ1) is 8.61. The molecule has 0 amide bonds. The van der Waals surface area contributed by atoms with Gasteiger partial charge in [0.15, 0.2) is 0 Å². The first kappa shape index (κ1) is 11.1. The molecule has 4 nitrogen and oxygen atoms in total. The summed E-state index contributed by atoms with van der Waals surface area (Å²) in [6, 6.07) is 0. The average molecular weight is 244 g/mol. The van der Waals surface area contributed by atoms with Gasteiger partial charge in [-0.2, -0.15) is 0 Å². The minimum atomic E-state index is -0.867. The van der Waals surface area contributed by atoms with E-state index in [1.165, 1.54) is 0 Å². The molecule has 0 aromatic rings. The lowest BCUT2D eigenvalue weighted by atomic mass is 9.66. The summed E-state index contributed by atoms with van der Waals surface area (Å²) in [4.78, 5) is 23.6. The van der Waals surface area contributed by atoms with Crippen LogP contribution in [0.25, 0.3) is 0 Å². The maximum Gasteiger partial charge on any atom is 0.334 e. The Morgan fingerprint density at radius 3 is 2.67 bits per heavy atom. The summed E-state index contributed by atoms with van der Waals surface area (Å²) in [7, 11) is 0. The van der Waals surface area contributed by atoms with E-state index in [0.717, 1.165) is 5.57 Å². The van der Waals surface area contributed by atoms with Crippen LogP contribution in [0.1, 0.15) is 12.8 Å². The summed E-state index contributed by atoms with van der Waals surface area (Å²) in [6.07, 6.45) is 0.990. The third-order valence-corrected chi connectivity index (χ3v) is 4.01. The standard InChI is InChI=1S/C14H12O4/c1-3-9-6-18-13(16)14(9)5-4-10-11(8(14)2)7-17-12(10)15/h1-2,4-7H2. The molecule has 2 heterocycles. The van der Waals surface area contributed by atoms with E-state index < -0.39 is 5.41 Å². The Kier molecular flexibility index (Phi) is 2.13. The van der Waals surface area contributed by atoms with E-state index in [1.54, 1.807) is 0 Å². The molecule has 2 aliphatic heterocycles. The third kappa shape index (κ3) is 1.11. The fourth-order valence-electron chi connectivity index (χ4n) is 2.95. The van der Waals surface area contributed by atoms with Crippen LogP contribution < -0.4 is 0 Å². The van der Waals surface area contributed by atoms with E-state index in [-0.39, 0.29) is 25.2 Å². The van der Waals surface area contributed by atoms with Gasteiger partial charge in [-0.15, -0.1) is 5.73 Å². The van der Waals surface area contributed by atoms with Crippen LogP contribution in [0.2, 0.25) is 0 Å². The molecule has 0 aromatic carbocycles. The van der Waals surface area contributed by atoms with Crippen molar-refractivity contribution in [3.63, 3.8) is 0 Å². The van der Waals surface area contributed by atoms with Gasteiger partial charge in [0.2, 0.25) is 0 Å². The van der Waals surface area contributed by atoms with Crippen molar-refractivity contribution in [3.05, 3.63) is 41.2 Å². The van der Waals surface area contributed by atoms with Crippen LogP contribution in [0.3, 0.4) is 0 Å². The highest BCUT2D eigenvalue weighted by Gasteiger charge is 2.55. The Labute approximate surface area is 104 Å². The van der Waals surface area contributed by atoms with Crippen molar-refractivity contribution in [2.45, 2.75) is 12.8 Å². The molecule has 1 saturated heterocycles. The number of carbonyl (C=O) groups excluding carboxylic acids is 2. The second kappa shape index (κ2) is 3.47. The molecule has 1 atom stereocenters. The number of rotatable bonds is 0. The Morgan fingerprint density at radius 1 is 1.17 bits per heavy atom. The molecule has 3 aliphatic rings. The lowest BCUT2D eigenvalue weighted by Gasteiger charge is -2.32. The second-order valence-corrected chi connectivity index (χ2v) is 4.65. The predicted molar refractivity (Wildman–Crippen MR) is 62.4 cm³/mol. The van der Waals surface area contributed by atoms with Crippen LogP contribution in [-0.2, 0) is 19.1 Å². The van der Waals surface area contributed by atoms with Gasteiger partial charge in [-0.25, -0.2) is 4.79 Å². The van der Waals surface area contributed by atoms with Crippen molar-refractivity contribution >= 4 is 11.9 Å². The highest BCUT2D eigenvalue weighted by atomic mass is 16.5. The molecule has 18 heavy (non-hydrogen) atoms. The molecule has 4 heteroatoms. The third-order valence-electron chi connectivity index (χ3n) is 4.01. The van der Waals surface area contributed by atoms with Gasteiger partial charge in [0.05, 0.1) is 0 Å². The number of hydrogen-bond donors (Lipinski definition) is 0. The summed E-state index contributed by atoms with van der Waals surface area (Å²) in [6.45, 7) is 8.02. The zero-order valence-electron chi connectivity index (χ0n) is 9.88. The van der Waals surface area contributed by atoms with Crippen molar-refractivity contribution in [1.29, 1.82) is 0 Å². The SMILES string of the molecule is C=C=C1COC(=O)C12CCC1=C(COC1=O)C2=C. The van der Waals surface area contributed by atoms with Crippen LogP contribution in [-0.4, -0.2) is 25.2 Å². The number of ether oxygens (including phenoxy) is 2. The fraction of sp³-hybridized carbons (Fsp3) is 0.357. The molecule has 92 valence electrons. The minimum Gasteiger partial charge on any atom is -0.460 e. The van der Waals surface area contributed by atoms with Crippen LogP contribution in [0.4, 0.5) is 0 Å². The van der Waals surface area contributed by atoms with Crippen LogP contribution in [0.5, 0.6) is 0 Å². The molecule has 1 fully saturated rings. The van der Waals surface area contributed by atoms with Gasteiger partial charge >= 0.3 is 11.9 Å². The number of esters is 2. The summed E-state index contributed by atoms with van der Waals surface area (Å²) in [5, 5.41) is 0. The average Bonchev–Trinajstić information content (AvgIpc) is 2.88. The smallest absolute Gasteiger partial charge is 0.334 e. The number of hydrogen-bond acceptors (Lipinski definition) is 4. The van der Waals surface area contributed by atoms with Crippen molar-refractivity contribution in [2.24, 2.45) is 5.41 Å². The quantitative estimate of drug-likeness (QED) is 0.478. The second-order valence-electron chi connectivity index (χ2n) is 4.65. The summed E-state index contributed by atoms with van der Waals surface area (Å²) >= 11 is 0. The fourth-order valence-corrected chi connectivity index (χ4v) is 2.95. The minimum absolute atomic E-state index is 0.201. The summed E-state index contributed by atoms with van der Waals surface area (Å²) in [5.74, 6) is -0.610. The van der Waals surface area contributed by atoms with Crippen LogP contribution in [0.15, 0.2) is 41.2 Å². The van der Waals surface area contributed by atoms with E-state index in [0.29, 0.717) is 29.6 Å². The topological polar surface area (TPSA) is 52.6 Å². The van der Waals surface area contributed by atoms with E-state index in [9.17, 15) is 9.59 Å². The van der Waals surface area contributed by atoms with Gasteiger partial charge in [-0.1, -0.05) is 13.2 Å². The highest BCUT2D eigenvalue weighted by molar-refractivity contribution is 5.97. The van der Waals surface area contributed by atoms with Gasteiger partial charge < -0.3 is 9.47 Å². The van der Waals surface area contributed by atoms with Crippen molar-refractivity contribution in [3.8, 4) is 0 Å². The van der Waals surface area contributed by atoms with E-state index in [1.807, 2.05) is 0 Å². The Morgan fingerprint density at radius 2 is 1.94 bits per heavy atom. The van der Waals surface area contributed by atoms with E-state index >= 15 is 0 Å². The molecule has 0 saturated carbocycles. The lowest BCUT2D eigenvalue weighted by Crippen LogP contribution is -2.34. The maximum atomic E-state index is 12.1. The molecule has 0 bridgehead atoms. The lowest BCUT2D eigenvalue weighted by molar-refractivity contribution is -0.144. The summed E-state index contributed by atoms with van der Waals surface area (Å²) < 4.78 is 10.1. The number of cyclic esters (lactones) is 2. The first-order valence-electron chi connectivity index (χ1n) is 5.77. The Hall–Kier alpha value is -2.06. The van der Waals surface area contributed by atoms with Crippen LogP contribution in [0, 0.1) is 5.41 Å². The van der Waals surface area contributed by atoms with Gasteiger partial charge in [-0.3, -0.25) is 4.79 Å². The monoisotopic (exact) mass is 244 g/mol. The van der Waals surface area contributed by atoms with Crippen molar-refractivity contribution in [1.82, 2.24) is 0 Å². The molecule has 0 radical (unpaired) electrons. The van der Waals surface area contributed by atoms with Gasteiger partial charge in [0, 0.05) is 16.7 Å². The van der Waals surface area contributed by atoms with Gasteiger partial charge in [0.25, 0.3) is 0 Å². The van der Waals surface area contributed by atoms with Crippen molar-refractivity contribution in [2.75, 3.05) is 13.2 Å². The summed E-state index contributed by atoms with van der Waals surface area (Å²) in [5.41, 5.74) is 4.64. The van der Waals surface area contributed by atoms with E-state index in [4.69, 9.17) is 9.47 Å². The van der Waals surface area contributed by atoms with E-state index in [2.05, 4.69) is 18.9 Å². The number of carbonyl (C=O) groups is 2. The Bertz CT molecular complexity index is 575. The molecule has 3 rings (SSSR count). The first-order valence-corrected chi connectivity index (χ1v) is 5.77. The molecular weight excluding hydrogens is 232 g/mol. The molecule has 1 aliphatic carbocycles. The van der Waals surface area contributed by atoms with Gasteiger partial charge in [0.1, 0.15) is 18.6 Å².